The monoisotopic (exact) mass is 313 g/mol. The molecule has 0 aliphatic heterocycles. The predicted octanol–water partition coefficient (Wildman–Crippen LogP) is 5.18. The molecule has 0 aromatic heterocycles. The average molecular weight is 313 g/mol. The highest BCUT2D eigenvalue weighted by Gasteiger charge is 2.07. The zero-order valence-corrected chi connectivity index (χ0v) is 14.4. The second-order valence-electron chi connectivity index (χ2n) is 5.64. The van der Waals surface area contributed by atoms with Crippen molar-refractivity contribution < 1.29 is 9.47 Å². The fourth-order valence-electron chi connectivity index (χ4n) is 2.28. The van der Waals surface area contributed by atoms with Gasteiger partial charge in [0, 0.05) is 18.3 Å². The van der Waals surface area contributed by atoms with E-state index in [1.54, 1.807) is 0 Å². The Morgan fingerprint density at radius 3 is 2.26 bits per heavy atom. The van der Waals surface area contributed by atoms with Gasteiger partial charge >= 0.3 is 0 Å². The lowest BCUT2D eigenvalue weighted by molar-refractivity contribution is 0.268. The Morgan fingerprint density at radius 2 is 1.57 bits per heavy atom. The number of hydrogen-bond donors (Lipinski definition) is 1. The number of benzene rings is 2. The van der Waals surface area contributed by atoms with Crippen molar-refractivity contribution in [3.8, 4) is 11.5 Å². The summed E-state index contributed by atoms with van der Waals surface area (Å²) in [6.45, 7) is 8.54. The summed E-state index contributed by atoms with van der Waals surface area (Å²) in [6, 6.07) is 14.5. The Balaban J connectivity index is 2.07. The minimum absolute atomic E-state index is 0.698. The largest absolute Gasteiger partial charge is 0.490 e. The van der Waals surface area contributed by atoms with Crippen molar-refractivity contribution in [2.75, 3.05) is 18.5 Å². The van der Waals surface area contributed by atoms with E-state index in [4.69, 9.17) is 9.47 Å². The normalized spacial score (nSPS) is 10.4. The summed E-state index contributed by atoms with van der Waals surface area (Å²) in [4.78, 5) is 0. The van der Waals surface area contributed by atoms with Crippen LogP contribution in [0.5, 0.6) is 11.5 Å². The minimum atomic E-state index is 0.698. The Labute approximate surface area is 139 Å². The number of aryl methyl sites for hydroxylation is 1. The maximum absolute atomic E-state index is 5.83. The molecule has 0 atom stereocenters. The van der Waals surface area contributed by atoms with Crippen molar-refractivity contribution in [3.63, 3.8) is 0 Å². The van der Waals surface area contributed by atoms with Crippen LogP contribution in [0.3, 0.4) is 0 Å². The highest BCUT2D eigenvalue weighted by atomic mass is 16.5. The molecule has 23 heavy (non-hydrogen) atoms. The van der Waals surface area contributed by atoms with Crippen LogP contribution < -0.4 is 14.8 Å². The van der Waals surface area contributed by atoms with Gasteiger partial charge in [0.1, 0.15) is 0 Å². The lowest BCUT2D eigenvalue weighted by Crippen LogP contribution is -2.04. The first kappa shape index (κ1) is 17.2. The van der Waals surface area contributed by atoms with Gasteiger partial charge in [0.25, 0.3) is 0 Å². The van der Waals surface area contributed by atoms with E-state index in [0.29, 0.717) is 13.2 Å². The van der Waals surface area contributed by atoms with Crippen LogP contribution in [-0.2, 0) is 6.54 Å². The number of hydrogen-bond acceptors (Lipinski definition) is 3. The maximum Gasteiger partial charge on any atom is 0.163 e. The van der Waals surface area contributed by atoms with Gasteiger partial charge in [-0.2, -0.15) is 0 Å². The maximum atomic E-state index is 5.83. The highest BCUT2D eigenvalue weighted by Crippen LogP contribution is 2.31. The molecule has 0 aliphatic rings. The molecule has 2 rings (SSSR count). The zero-order chi connectivity index (χ0) is 16.5. The quantitative estimate of drug-likeness (QED) is 0.691. The molecule has 0 saturated heterocycles. The molecule has 1 N–H and O–H groups in total. The summed E-state index contributed by atoms with van der Waals surface area (Å²) < 4.78 is 11.6. The molecule has 2 aromatic rings. The SMILES string of the molecule is CCCOc1ccc(NCc2ccccc2C)cc1OCCC. The molecule has 0 amide bonds. The summed E-state index contributed by atoms with van der Waals surface area (Å²) in [5, 5.41) is 3.47. The van der Waals surface area contributed by atoms with Crippen molar-refractivity contribution in [1.82, 2.24) is 0 Å². The number of ether oxygens (including phenoxy) is 2. The lowest BCUT2D eigenvalue weighted by Gasteiger charge is -2.15. The van der Waals surface area contributed by atoms with Crippen LogP contribution in [0.1, 0.15) is 37.8 Å². The summed E-state index contributed by atoms with van der Waals surface area (Å²) >= 11 is 0. The van der Waals surface area contributed by atoms with E-state index in [2.05, 4.69) is 50.4 Å². The molecule has 2 aromatic carbocycles. The van der Waals surface area contributed by atoms with E-state index < -0.39 is 0 Å². The first-order valence-corrected chi connectivity index (χ1v) is 8.42. The van der Waals surface area contributed by atoms with Crippen molar-refractivity contribution in [3.05, 3.63) is 53.6 Å². The van der Waals surface area contributed by atoms with E-state index in [9.17, 15) is 0 Å². The van der Waals surface area contributed by atoms with Crippen LogP contribution in [0.15, 0.2) is 42.5 Å². The van der Waals surface area contributed by atoms with Crippen LogP contribution in [0.25, 0.3) is 0 Å². The molecule has 0 bridgehead atoms. The van der Waals surface area contributed by atoms with Gasteiger partial charge in [-0.3, -0.25) is 0 Å². The Kier molecular flexibility index (Phi) is 6.79. The summed E-state index contributed by atoms with van der Waals surface area (Å²) in [5.41, 5.74) is 3.64. The van der Waals surface area contributed by atoms with Gasteiger partial charge in [0.05, 0.1) is 13.2 Å². The van der Waals surface area contributed by atoms with Crippen LogP contribution >= 0.6 is 0 Å². The van der Waals surface area contributed by atoms with E-state index in [-0.39, 0.29) is 0 Å². The minimum Gasteiger partial charge on any atom is -0.490 e. The number of rotatable bonds is 9. The molecule has 124 valence electrons. The van der Waals surface area contributed by atoms with Gasteiger partial charge < -0.3 is 14.8 Å². The topological polar surface area (TPSA) is 30.5 Å². The summed E-state index contributed by atoms with van der Waals surface area (Å²) in [7, 11) is 0. The van der Waals surface area contributed by atoms with E-state index >= 15 is 0 Å². The highest BCUT2D eigenvalue weighted by molar-refractivity contribution is 5.55. The van der Waals surface area contributed by atoms with Gasteiger partial charge in [0.2, 0.25) is 0 Å². The zero-order valence-electron chi connectivity index (χ0n) is 14.4. The number of nitrogens with one attached hydrogen (secondary N) is 1. The lowest BCUT2D eigenvalue weighted by atomic mass is 10.1. The van der Waals surface area contributed by atoms with Gasteiger partial charge in [-0.05, 0) is 43.0 Å². The molecule has 3 heteroatoms. The molecule has 0 heterocycles. The Bertz CT molecular complexity index is 610. The van der Waals surface area contributed by atoms with Crippen LogP contribution in [0.2, 0.25) is 0 Å². The van der Waals surface area contributed by atoms with Crippen LogP contribution in [0.4, 0.5) is 5.69 Å². The fourth-order valence-corrected chi connectivity index (χ4v) is 2.28. The third-order valence-electron chi connectivity index (χ3n) is 3.61. The predicted molar refractivity (Wildman–Crippen MR) is 96.5 cm³/mol. The first-order valence-electron chi connectivity index (χ1n) is 8.42. The van der Waals surface area contributed by atoms with E-state index in [1.807, 2.05) is 18.2 Å². The Morgan fingerprint density at radius 1 is 0.870 bits per heavy atom. The molecular formula is C20H27NO2. The second-order valence-corrected chi connectivity index (χ2v) is 5.64. The molecule has 0 unspecified atom stereocenters. The van der Waals surface area contributed by atoms with E-state index in [1.165, 1.54) is 11.1 Å². The molecule has 0 radical (unpaired) electrons. The van der Waals surface area contributed by atoms with Crippen LogP contribution in [-0.4, -0.2) is 13.2 Å². The third kappa shape index (κ3) is 5.20. The van der Waals surface area contributed by atoms with Crippen molar-refractivity contribution >= 4 is 5.69 Å². The smallest absolute Gasteiger partial charge is 0.163 e. The molecule has 0 aliphatic carbocycles. The average Bonchev–Trinajstić information content (AvgIpc) is 2.58. The molecule has 0 saturated carbocycles. The first-order chi connectivity index (χ1) is 11.2. The van der Waals surface area contributed by atoms with Crippen molar-refractivity contribution in [1.29, 1.82) is 0 Å². The standard InChI is InChI=1S/C20H27NO2/c1-4-12-22-19-11-10-18(14-20(19)23-13-5-2)21-15-17-9-7-6-8-16(17)3/h6-11,14,21H,4-5,12-13,15H2,1-3H3. The summed E-state index contributed by atoms with van der Waals surface area (Å²) in [5.74, 6) is 1.64. The third-order valence-corrected chi connectivity index (χ3v) is 3.61. The van der Waals surface area contributed by atoms with Gasteiger partial charge in [-0.25, -0.2) is 0 Å². The van der Waals surface area contributed by atoms with Gasteiger partial charge in [0.15, 0.2) is 11.5 Å². The summed E-state index contributed by atoms with van der Waals surface area (Å²) in [6.07, 6.45) is 1.97. The number of anilines is 1. The fraction of sp³-hybridized carbons (Fsp3) is 0.400. The van der Waals surface area contributed by atoms with Crippen molar-refractivity contribution in [2.24, 2.45) is 0 Å². The van der Waals surface area contributed by atoms with Gasteiger partial charge in [-0.1, -0.05) is 38.1 Å². The van der Waals surface area contributed by atoms with Crippen LogP contribution in [0, 0.1) is 6.92 Å². The molecule has 3 nitrogen and oxygen atoms in total. The van der Waals surface area contributed by atoms with E-state index in [0.717, 1.165) is 36.6 Å². The molecular weight excluding hydrogens is 286 g/mol. The Hall–Kier alpha value is -2.16. The second kappa shape index (κ2) is 9.09. The van der Waals surface area contributed by atoms with Gasteiger partial charge in [-0.15, -0.1) is 0 Å². The molecule has 0 fully saturated rings. The van der Waals surface area contributed by atoms with Crippen molar-refractivity contribution in [2.45, 2.75) is 40.2 Å². The molecule has 0 spiro atoms.